The second kappa shape index (κ2) is 9.73. The van der Waals surface area contributed by atoms with Crippen LogP contribution in [0.25, 0.3) is 16.7 Å². The van der Waals surface area contributed by atoms with Gasteiger partial charge in [-0.3, -0.25) is 9.59 Å². The van der Waals surface area contributed by atoms with Crippen LogP contribution >= 0.6 is 0 Å². The van der Waals surface area contributed by atoms with E-state index in [-0.39, 0.29) is 29.2 Å². The van der Waals surface area contributed by atoms with Gasteiger partial charge in [-0.1, -0.05) is 36.4 Å². The molecule has 8 heteroatoms. The number of nitrogens with zero attached hydrogens (tertiary/aromatic N) is 1. The summed E-state index contributed by atoms with van der Waals surface area (Å²) >= 11 is 0. The molecule has 1 amide bonds. The smallest absolute Gasteiger partial charge is 0.295 e. The van der Waals surface area contributed by atoms with Crippen molar-refractivity contribution in [3.8, 4) is 17.2 Å². The van der Waals surface area contributed by atoms with Crippen molar-refractivity contribution in [3.05, 3.63) is 95.2 Å². The van der Waals surface area contributed by atoms with Gasteiger partial charge in [0.1, 0.15) is 28.6 Å². The fourth-order valence-corrected chi connectivity index (χ4v) is 4.91. The third kappa shape index (κ3) is 4.16. The SMILES string of the molecule is COc1cccc(OC)c1/C(O)=C1\C(=O)C(=O)N(CCc2c[nH]c3ccccc23)C1c1ccc(O)cc1. The van der Waals surface area contributed by atoms with Crippen LogP contribution in [0.15, 0.2) is 78.5 Å². The van der Waals surface area contributed by atoms with Crippen molar-refractivity contribution in [2.45, 2.75) is 12.5 Å². The molecule has 5 rings (SSSR count). The Labute approximate surface area is 213 Å². The summed E-state index contributed by atoms with van der Waals surface area (Å²) in [7, 11) is 2.89. The number of para-hydroxylation sites is 1. The number of likely N-dealkylation sites (tertiary alicyclic amines) is 1. The number of amides is 1. The van der Waals surface area contributed by atoms with E-state index in [2.05, 4.69) is 4.98 Å². The Balaban J connectivity index is 1.62. The zero-order valence-corrected chi connectivity index (χ0v) is 20.4. The fraction of sp³-hybridized carbons (Fsp3) is 0.172. The molecule has 37 heavy (non-hydrogen) atoms. The third-order valence-corrected chi connectivity index (χ3v) is 6.71. The van der Waals surface area contributed by atoms with Crippen molar-refractivity contribution in [1.82, 2.24) is 9.88 Å². The van der Waals surface area contributed by atoms with E-state index in [1.54, 1.807) is 30.3 Å². The molecule has 1 aliphatic heterocycles. The molecule has 1 aliphatic rings. The van der Waals surface area contributed by atoms with E-state index >= 15 is 0 Å². The lowest BCUT2D eigenvalue weighted by molar-refractivity contribution is -0.139. The van der Waals surface area contributed by atoms with Gasteiger partial charge in [0.25, 0.3) is 11.7 Å². The van der Waals surface area contributed by atoms with Crippen LogP contribution in [-0.4, -0.2) is 52.6 Å². The summed E-state index contributed by atoms with van der Waals surface area (Å²) in [5.41, 5.74) is 2.68. The van der Waals surface area contributed by atoms with Gasteiger partial charge in [-0.15, -0.1) is 0 Å². The predicted molar refractivity (Wildman–Crippen MR) is 139 cm³/mol. The minimum atomic E-state index is -0.875. The maximum atomic E-state index is 13.4. The van der Waals surface area contributed by atoms with Crippen LogP contribution in [0.3, 0.4) is 0 Å². The van der Waals surface area contributed by atoms with Crippen LogP contribution in [-0.2, 0) is 16.0 Å². The van der Waals surface area contributed by atoms with Crippen LogP contribution in [0.1, 0.15) is 22.7 Å². The number of benzene rings is 3. The molecule has 0 spiro atoms. The maximum Gasteiger partial charge on any atom is 0.295 e. The molecule has 2 heterocycles. The van der Waals surface area contributed by atoms with Crippen LogP contribution in [0, 0.1) is 0 Å². The minimum Gasteiger partial charge on any atom is -0.508 e. The topological polar surface area (TPSA) is 112 Å². The summed E-state index contributed by atoms with van der Waals surface area (Å²) in [4.78, 5) is 31.4. The van der Waals surface area contributed by atoms with Gasteiger partial charge in [-0.25, -0.2) is 0 Å². The first-order chi connectivity index (χ1) is 17.9. The molecule has 0 saturated carbocycles. The lowest BCUT2D eigenvalue weighted by atomic mass is 9.94. The number of hydrogen-bond donors (Lipinski definition) is 3. The molecule has 1 fully saturated rings. The van der Waals surface area contributed by atoms with E-state index in [4.69, 9.17) is 9.47 Å². The zero-order chi connectivity index (χ0) is 26.1. The highest BCUT2D eigenvalue weighted by atomic mass is 16.5. The molecule has 1 unspecified atom stereocenters. The highest BCUT2D eigenvalue weighted by molar-refractivity contribution is 6.46. The Morgan fingerprint density at radius 2 is 1.62 bits per heavy atom. The van der Waals surface area contributed by atoms with Gasteiger partial charge in [0.15, 0.2) is 0 Å². The lowest BCUT2D eigenvalue weighted by Gasteiger charge is -2.25. The van der Waals surface area contributed by atoms with E-state index in [0.29, 0.717) is 23.5 Å². The Morgan fingerprint density at radius 1 is 0.946 bits per heavy atom. The predicted octanol–water partition coefficient (Wildman–Crippen LogP) is 4.56. The number of aromatic nitrogens is 1. The number of phenolic OH excluding ortho intramolecular Hbond substituents is 1. The molecule has 1 aromatic heterocycles. The van der Waals surface area contributed by atoms with Crippen molar-refractivity contribution in [2.24, 2.45) is 0 Å². The van der Waals surface area contributed by atoms with Gasteiger partial charge in [0.05, 0.1) is 25.8 Å². The molecule has 3 aromatic carbocycles. The number of aliphatic hydroxyl groups is 1. The number of ether oxygens (including phenoxy) is 2. The van der Waals surface area contributed by atoms with E-state index in [1.807, 2.05) is 30.5 Å². The van der Waals surface area contributed by atoms with E-state index in [9.17, 15) is 19.8 Å². The Hall–Kier alpha value is -4.72. The molecular weight excluding hydrogens is 472 g/mol. The second-order valence-electron chi connectivity index (χ2n) is 8.73. The molecule has 188 valence electrons. The van der Waals surface area contributed by atoms with E-state index < -0.39 is 17.7 Å². The first kappa shape index (κ1) is 24.0. The lowest BCUT2D eigenvalue weighted by Crippen LogP contribution is -2.31. The summed E-state index contributed by atoms with van der Waals surface area (Å²) in [5, 5.41) is 22.4. The third-order valence-electron chi connectivity index (χ3n) is 6.71. The molecular formula is C29H26N2O6. The summed E-state index contributed by atoms with van der Waals surface area (Å²) in [6, 6.07) is 18.2. The zero-order valence-electron chi connectivity index (χ0n) is 20.4. The number of rotatable bonds is 7. The van der Waals surface area contributed by atoms with Gasteiger partial charge < -0.3 is 29.6 Å². The molecule has 1 atom stereocenters. The Bertz CT molecular complexity index is 1500. The molecule has 3 N–H and O–H groups in total. The number of H-pyrrole nitrogens is 1. The number of methoxy groups -OCH3 is 2. The van der Waals surface area contributed by atoms with Gasteiger partial charge in [-0.05, 0) is 47.9 Å². The number of aromatic amines is 1. The number of ketones is 1. The van der Waals surface area contributed by atoms with E-state index in [1.165, 1.54) is 31.3 Å². The summed E-state index contributed by atoms with van der Waals surface area (Å²) < 4.78 is 10.9. The highest BCUT2D eigenvalue weighted by Crippen LogP contribution is 2.43. The van der Waals surface area contributed by atoms with Gasteiger partial charge in [0, 0.05) is 23.6 Å². The number of Topliss-reactive ketones (excluding diaryl/α,β-unsaturated/α-hetero) is 1. The van der Waals surface area contributed by atoms with Gasteiger partial charge in [0.2, 0.25) is 0 Å². The molecule has 8 nitrogen and oxygen atoms in total. The number of carbonyl (C=O) groups excluding carboxylic acids is 2. The number of nitrogens with one attached hydrogen (secondary N) is 1. The van der Waals surface area contributed by atoms with Crippen molar-refractivity contribution in [3.63, 3.8) is 0 Å². The van der Waals surface area contributed by atoms with Gasteiger partial charge >= 0.3 is 0 Å². The summed E-state index contributed by atoms with van der Waals surface area (Å²) in [6.07, 6.45) is 2.39. The van der Waals surface area contributed by atoms with Crippen LogP contribution in [0.2, 0.25) is 0 Å². The average Bonchev–Trinajstić information content (AvgIpc) is 3.45. The number of fused-ring (bicyclic) bond motifs is 1. The van der Waals surface area contributed by atoms with E-state index in [0.717, 1.165) is 16.5 Å². The summed E-state index contributed by atoms with van der Waals surface area (Å²) in [5.74, 6) is -1.26. The first-order valence-corrected chi connectivity index (χ1v) is 11.8. The van der Waals surface area contributed by atoms with Crippen LogP contribution < -0.4 is 9.47 Å². The number of hydrogen-bond acceptors (Lipinski definition) is 6. The largest absolute Gasteiger partial charge is 0.508 e. The summed E-state index contributed by atoms with van der Waals surface area (Å²) in [6.45, 7) is 0.234. The number of aliphatic hydroxyl groups excluding tert-OH is 1. The number of carbonyl (C=O) groups is 2. The number of aromatic hydroxyl groups is 1. The monoisotopic (exact) mass is 498 g/mol. The molecule has 4 aromatic rings. The molecule has 0 radical (unpaired) electrons. The van der Waals surface area contributed by atoms with Gasteiger partial charge in [-0.2, -0.15) is 0 Å². The highest BCUT2D eigenvalue weighted by Gasteiger charge is 2.46. The van der Waals surface area contributed by atoms with Crippen LogP contribution in [0.4, 0.5) is 0 Å². The minimum absolute atomic E-state index is 0.0471. The maximum absolute atomic E-state index is 13.4. The van der Waals surface area contributed by atoms with Crippen molar-refractivity contribution in [2.75, 3.05) is 20.8 Å². The Morgan fingerprint density at radius 3 is 2.30 bits per heavy atom. The van der Waals surface area contributed by atoms with Crippen LogP contribution in [0.5, 0.6) is 17.2 Å². The standard InChI is InChI=1S/C29H26N2O6/c1-36-22-8-5-9-23(37-2)24(22)27(33)25-26(17-10-12-19(32)13-11-17)31(29(35)28(25)34)15-14-18-16-30-21-7-4-3-6-20(18)21/h3-13,16,26,30,32-33H,14-15H2,1-2H3/b27-25+. The fourth-order valence-electron chi connectivity index (χ4n) is 4.91. The molecule has 1 saturated heterocycles. The quantitative estimate of drug-likeness (QED) is 0.196. The average molecular weight is 499 g/mol. The molecule has 0 bridgehead atoms. The Kier molecular flexibility index (Phi) is 6.31. The number of phenols is 1. The molecule has 0 aliphatic carbocycles. The van der Waals surface area contributed by atoms with Crippen molar-refractivity contribution < 1.29 is 29.3 Å². The van der Waals surface area contributed by atoms with Crippen molar-refractivity contribution in [1.29, 1.82) is 0 Å². The van der Waals surface area contributed by atoms with Crippen molar-refractivity contribution >= 4 is 28.4 Å². The normalized spacial score (nSPS) is 16.9. The first-order valence-electron chi connectivity index (χ1n) is 11.8. The second-order valence-corrected chi connectivity index (χ2v) is 8.73.